The number of hydrogen-bond donors (Lipinski definition) is 3. The Bertz CT molecular complexity index is 844. The molecular formula is C18H16O8. The molecule has 0 amide bonds. The zero-order valence-corrected chi connectivity index (χ0v) is 13.9. The van der Waals surface area contributed by atoms with E-state index in [9.17, 15) is 19.8 Å². The topological polar surface area (TPSA) is 123 Å². The zero-order valence-electron chi connectivity index (χ0n) is 13.9. The molecule has 136 valence electrons. The number of carbonyl (C=O) groups is 2. The monoisotopic (exact) mass is 360 g/mol. The van der Waals surface area contributed by atoms with Gasteiger partial charge in [-0.2, -0.15) is 0 Å². The summed E-state index contributed by atoms with van der Waals surface area (Å²) >= 11 is 0. The van der Waals surface area contributed by atoms with E-state index in [1.807, 2.05) is 0 Å². The largest absolute Gasteiger partial charge is 0.508 e. The number of phenols is 2. The lowest BCUT2D eigenvalue weighted by molar-refractivity contribution is -0.131. The van der Waals surface area contributed by atoms with E-state index in [1.165, 1.54) is 38.5 Å². The molecule has 26 heavy (non-hydrogen) atoms. The molecule has 0 aliphatic carbocycles. The third kappa shape index (κ3) is 4.23. The maximum Gasteiger partial charge on any atom is 0.347 e. The number of ether oxygens (including phenoxy) is 3. The van der Waals surface area contributed by atoms with Gasteiger partial charge in [-0.25, -0.2) is 9.59 Å². The van der Waals surface area contributed by atoms with Crippen LogP contribution < -0.4 is 14.2 Å². The third-order valence-electron chi connectivity index (χ3n) is 3.30. The van der Waals surface area contributed by atoms with Gasteiger partial charge < -0.3 is 29.5 Å². The molecule has 0 saturated heterocycles. The lowest BCUT2D eigenvalue weighted by atomic mass is 10.1. The van der Waals surface area contributed by atoms with Gasteiger partial charge in [0, 0.05) is 6.08 Å². The number of phenolic OH excluding ortho intramolecular Hbond substituents is 2. The standard InChI is InChI=1S/C18H16O8/c1-24-14-7-10(3-6-16(21)22)8-15(25-2)17(14)26-18(23)12-9-11(19)4-5-13(12)20/h3-9,19-20H,1-2H3,(H,21,22). The first-order valence-corrected chi connectivity index (χ1v) is 7.27. The summed E-state index contributed by atoms with van der Waals surface area (Å²) in [4.78, 5) is 23.0. The summed E-state index contributed by atoms with van der Waals surface area (Å²) in [6.07, 6.45) is 2.25. The van der Waals surface area contributed by atoms with Crippen molar-refractivity contribution >= 4 is 18.0 Å². The Hall–Kier alpha value is -3.68. The molecule has 8 nitrogen and oxygen atoms in total. The van der Waals surface area contributed by atoms with Crippen molar-refractivity contribution < 1.29 is 39.1 Å². The van der Waals surface area contributed by atoms with Crippen molar-refractivity contribution in [3.05, 3.63) is 47.5 Å². The minimum atomic E-state index is -1.13. The van der Waals surface area contributed by atoms with Gasteiger partial charge in [0.2, 0.25) is 5.75 Å². The van der Waals surface area contributed by atoms with Crippen molar-refractivity contribution in [3.63, 3.8) is 0 Å². The number of benzene rings is 2. The van der Waals surface area contributed by atoms with Crippen molar-refractivity contribution in [2.24, 2.45) is 0 Å². The van der Waals surface area contributed by atoms with Crippen molar-refractivity contribution in [3.8, 4) is 28.7 Å². The number of carboxylic acids is 1. The normalized spacial score (nSPS) is 10.5. The number of aliphatic carboxylic acids is 1. The van der Waals surface area contributed by atoms with E-state index in [0.29, 0.717) is 5.56 Å². The van der Waals surface area contributed by atoms with E-state index < -0.39 is 11.9 Å². The maximum atomic E-state index is 12.3. The van der Waals surface area contributed by atoms with E-state index in [1.54, 1.807) is 0 Å². The molecule has 0 aliphatic heterocycles. The van der Waals surface area contributed by atoms with Gasteiger partial charge in [-0.3, -0.25) is 0 Å². The van der Waals surface area contributed by atoms with Gasteiger partial charge in [0.1, 0.15) is 17.1 Å². The number of hydrogen-bond acceptors (Lipinski definition) is 7. The van der Waals surface area contributed by atoms with Crippen LogP contribution in [0, 0.1) is 0 Å². The Morgan fingerprint density at radius 2 is 1.62 bits per heavy atom. The van der Waals surface area contributed by atoms with E-state index in [4.69, 9.17) is 19.3 Å². The minimum Gasteiger partial charge on any atom is -0.508 e. The Labute approximate surface area is 148 Å². The molecular weight excluding hydrogens is 344 g/mol. The number of methoxy groups -OCH3 is 2. The molecule has 2 aromatic carbocycles. The Morgan fingerprint density at radius 1 is 1.00 bits per heavy atom. The average Bonchev–Trinajstić information content (AvgIpc) is 2.62. The number of esters is 1. The Balaban J connectivity index is 2.43. The highest BCUT2D eigenvalue weighted by Gasteiger charge is 2.21. The number of rotatable bonds is 6. The van der Waals surface area contributed by atoms with Crippen molar-refractivity contribution in [2.45, 2.75) is 0 Å². The number of aromatic hydroxyl groups is 2. The van der Waals surface area contributed by atoms with Crippen LogP contribution in [-0.4, -0.2) is 41.5 Å². The third-order valence-corrected chi connectivity index (χ3v) is 3.30. The van der Waals surface area contributed by atoms with Gasteiger partial charge >= 0.3 is 11.9 Å². The van der Waals surface area contributed by atoms with Crippen molar-refractivity contribution in [2.75, 3.05) is 14.2 Å². The van der Waals surface area contributed by atoms with Crippen LogP contribution >= 0.6 is 0 Å². The summed E-state index contributed by atoms with van der Waals surface area (Å²) in [7, 11) is 2.67. The van der Waals surface area contributed by atoms with Gasteiger partial charge in [-0.1, -0.05) is 0 Å². The molecule has 0 fully saturated rings. The van der Waals surface area contributed by atoms with Crippen molar-refractivity contribution in [1.29, 1.82) is 0 Å². The quantitative estimate of drug-likeness (QED) is 0.311. The predicted octanol–water partition coefficient (Wildman–Crippen LogP) is 2.43. The number of carboxylic acid groups (broad SMARTS) is 1. The smallest absolute Gasteiger partial charge is 0.347 e. The van der Waals surface area contributed by atoms with E-state index in [-0.39, 0.29) is 34.3 Å². The van der Waals surface area contributed by atoms with Crippen LogP contribution in [0.5, 0.6) is 28.7 Å². The fourth-order valence-electron chi connectivity index (χ4n) is 2.10. The number of carbonyl (C=O) groups excluding carboxylic acids is 1. The summed E-state index contributed by atoms with van der Waals surface area (Å²) in [5.41, 5.74) is 0.199. The molecule has 0 heterocycles. The molecule has 0 spiro atoms. The highest BCUT2D eigenvalue weighted by atomic mass is 16.6. The molecule has 0 saturated carbocycles. The second kappa shape index (κ2) is 7.93. The van der Waals surface area contributed by atoms with Crippen LogP contribution in [0.15, 0.2) is 36.4 Å². The fourth-order valence-corrected chi connectivity index (χ4v) is 2.10. The highest BCUT2D eigenvalue weighted by Crippen LogP contribution is 2.40. The van der Waals surface area contributed by atoms with Gasteiger partial charge in [0.05, 0.1) is 14.2 Å². The highest BCUT2D eigenvalue weighted by molar-refractivity contribution is 5.95. The fraction of sp³-hybridized carbons (Fsp3) is 0.111. The van der Waals surface area contributed by atoms with Gasteiger partial charge in [0.15, 0.2) is 11.5 Å². The van der Waals surface area contributed by atoms with Gasteiger partial charge in [0.25, 0.3) is 0 Å². The molecule has 2 rings (SSSR count). The van der Waals surface area contributed by atoms with Crippen LogP contribution in [0.1, 0.15) is 15.9 Å². The first-order valence-electron chi connectivity index (χ1n) is 7.27. The van der Waals surface area contributed by atoms with Crippen LogP contribution in [0.3, 0.4) is 0 Å². The van der Waals surface area contributed by atoms with Crippen LogP contribution in [0.2, 0.25) is 0 Å². The molecule has 0 aromatic heterocycles. The molecule has 8 heteroatoms. The second-order valence-electron chi connectivity index (χ2n) is 5.02. The van der Waals surface area contributed by atoms with Crippen LogP contribution in [0.25, 0.3) is 6.08 Å². The molecule has 0 atom stereocenters. The van der Waals surface area contributed by atoms with Crippen molar-refractivity contribution in [1.82, 2.24) is 0 Å². The van der Waals surface area contributed by atoms with Crippen LogP contribution in [0.4, 0.5) is 0 Å². The summed E-state index contributed by atoms with van der Waals surface area (Å²) in [5, 5.41) is 27.9. The molecule has 0 unspecified atom stereocenters. The predicted molar refractivity (Wildman–Crippen MR) is 90.9 cm³/mol. The summed E-state index contributed by atoms with van der Waals surface area (Å²) in [6.45, 7) is 0. The summed E-state index contributed by atoms with van der Waals surface area (Å²) < 4.78 is 15.6. The van der Waals surface area contributed by atoms with Gasteiger partial charge in [-0.15, -0.1) is 0 Å². The summed E-state index contributed by atoms with van der Waals surface area (Å²) in [5.74, 6) is -2.49. The second-order valence-corrected chi connectivity index (χ2v) is 5.02. The van der Waals surface area contributed by atoms with E-state index >= 15 is 0 Å². The molecule has 0 radical (unpaired) electrons. The lowest BCUT2D eigenvalue weighted by Crippen LogP contribution is -2.10. The average molecular weight is 360 g/mol. The lowest BCUT2D eigenvalue weighted by Gasteiger charge is -2.14. The first-order chi connectivity index (χ1) is 12.3. The van der Waals surface area contributed by atoms with E-state index in [0.717, 1.165) is 18.2 Å². The van der Waals surface area contributed by atoms with E-state index in [2.05, 4.69) is 0 Å². The first kappa shape index (κ1) is 18.7. The molecule has 0 bridgehead atoms. The van der Waals surface area contributed by atoms with Gasteiger partial charge in [-0.05, 0) is 42.0 Å². The molecule has 3 N–H and O–H groups in total. The molecule has 0 aliphatic rings. The summed E-state index contributed by atoms with van der Waals surface area (Å²) in [6, 6.07) is 6.33. The van der Waals surface area contributed by atoms with Crippen LogP contribution in [-0.2, 0) is 4.79 Å². The Morgan fingerprint density at radius 3 is 2.15 bits per heavy atom. The minimum absolute atomic E-state index is 0.0600. The molecule has 2 aromatic rings. The SMILES string of the molecule is COc1cc(C=CC(=O)O)cc(OC)c1OC(=O)c1cc(O)ccc1O. The zero-order chi connectivity index (χ0) is 19.3. The maximum absolute atomic E-state index is 12.3. The Kier molecular flexibility index (Phi) is 5.69.